The van der Waals surface area contributed by atoms with E-state index in [0.29, 0.717) is 0 Å². The molecule has 0 aromatic heterocycles. The number of carboxylic acid groups (broad SMARTS) is 6. The first-order chi connectivity index (χ1) is 7.93. The molecule has 0 spiro atoms. The zero-order valence-electron chi connectivity index (χ0n) is 9.45. The molecule has 0 unspecified atom stereocenters. The van der Waals surface area contributed by atoms with Crippen molar-refractivity contribution in [2.45, 2.75) is 0 Å². The van der Waals surface area contributed by atoms with E-state index in [1.165, 1.54) is 0 Å². The maximum Gasteiger partial charge on any atom is 0.414 e. The summed E-state index contributed by atoms with van der Waals surface area (Å²) in [6.07, 6.45) is 0. The van der Waals surface area contributed by atoms with Gasteiger partial charge >= 0.3 is 35.8 Å². The van der Waals surface area contributed by atoms with Crippen LogP contribution >= 0.6 is 0 Å². The summed E-state index contributed by atoms with van der Waals surface area (Å²) in [5, 5.41) is 44.3. The molecule has 13 nitrogen and oxygen atoms in total. The zero-order chi connectivity index (χ0) is 15.5. The first-order valence-corrected chi connectivity index (χ1v) is 3.32. The molecule has 0 atom stereocenters. The molecule has 8 N–H and O–H groups in total. The molecule has 0 saturated heterocycles. The van der Waals surface area contributed by atoms with E-state index in [0.717, 1.165) is 0 Å². The molecule has 0 heterocycles. The van der Waals surface area contributed by atoms with Crippen molar-refractivity contribution in [3.05, 3.63) is 0 Å². The summed E-state index contributed by atoms with van der Waals surface area (Å²) in [6.45, 7) is 0. The monoisotopic (exact) mass is 592 g/mol. The fourth-order valence-corrected chi connectivity index (χ4v) is 0. The van der Waals surface area contributed by atoms with Crippen LogP contribution in [0, 0.1) is 80.8 Å². The van der Waals surface area contributed by atoms with Gasteiger partial charge in [-0.15, -0.1) is 0 Å². The van der Waals surface area contributed by atoms with Crippen LogP contribution < -0.4 is 0 Å². The Morgan fingerprint density at radius 3 is 0.429 bits per heavy atom. The van der Waals surface area contributed by atoms with Crippen LogP contribution in [-0.4, -0.2) is 71.9 Å². The first-order valence-electron chi connectivity index (χ1n) is 3.32. The average Bonchev–Trinajstić information content (AvgIpc) is 2.18. The number of hydrogen-bond donors (Lipinski definition) is 6. The molecule has 0 aliphatic heterocycles. The van der Waals surface area contributed by atoms with Gasteiger partial charge in [-0.3, -0.25) is 0 Å². The number of hydrogen-bond acceptors (Lipinski definition) is 6. The summed E-state index contributed by atoms with van der Waals surface area (Å²) in [5.41, 5.74) is 0. The van der Waals surface area contributed by atoms with Gasteiger partial charge in [-0.1, -0.05) is 0 Å². The maximum absolute atomic E-state index is 9.10. The molecule has 0 aromatic rings. The van der Waals surface area contributed by atoms with Gasteiger partial charge in [0, 0.05) is 80.8 Å². The van der Waals surface area contributed by atoms with Crippen LogP contribution in [0.2, 0.25) is 0 Å². The van der Waals surface area contributed by atoms with Crippen molar-refractivity contribution in [3.63, 3.8) is 0 Å². The van der Waals surface area contributed by atoms with Gasteiger partial charge in [-0.2, -0.15) is 0 Å². The normalized spacial score (nSPS) is 6.29. The van der Waals surface area contributed by atoms with Crippen LogP contribution in [0.15, 0.2) is 0 Å². The molecule has 0 rings (SSSR count). The molecule has 0 radical (unpaired) electrons. The standard InChI is InChI=1S/3C2H2O4.H2O.2Sm/c3*3-1(4)2(5)6;;;/h3*(H,3,4)(H,5,6);1H2;;. The van der Waals surface area contributed by atoms with Crippen molar-refractivity contribution in [2.75, 3.05) is 0 Å². The third-order valence-corrected chi connectivity index (χ3v) is 0.549. The van der Waals surface area contributed by atoms with E-state index in [4.69, 9.17) is 59.4 Å². The Balaban J connectivity index is -0.0000000375. The topological polar surface area (TPSA) is 255 Å². The van der Waals surface area contributed by atoms with E-state index in [9.17, 15) is 0 Å². The van der Waals surface area contributed by atoms with Crippen molar-refractivity contribution >= 4 is 35.8 Å². The van der Waals surface area contributed by atoms with Crippen molar-refractivity contribution in [1.82, 2.24) is 0 Å². The molecule has 0 aromatic carbocycles. The van der Waals surface area contributed by atoms with Crippen molar-refractivity contribution in [3.8, 4) is 0 Å². The Labute approximate surface area is 179 Å². The minimum Gasteiger partial charge on any atom is -0.473 e. The second kappa shape index (κ2) is 21.7. The number of carboxylic acids is 6. The Morgan fingerprint density at radius 1 is 0.381 bits per heavy atom. The number of carbonyl (C=O) groups is 6. The second-order valence-corrected chi connectivity index (χ2v) is 1.83. The van der Waals surface area contributed by atoms with Crippen LogP contribution in [0.25, 0.3) is 0 Å². The molecule has 15 heteroatoms. The van der Waals surface area contributed by atoms with Crippen molar-refractivity contribution in [1.29, 1.82) is 0 Å². The minimum absolute atomic E-state index is 0. The SMILES string of the molecule is O.O=C(O)C(=O)O.O=C(O)C(=O)O.O=C(O)C(=O)O.[Sm].[Sm]. The summed E-state index contributed by atoms with van der Waals surface area (Å²) < 4.78 is 0. The van der Waals surface area contributed by atoms with Crippen LogP contribution in [0.1, 0.15) is 0 Å². The Hall–Kier alpha value is -0.545. The average molecular weight is 589 g/mol. The van der Waals surface area contributed by atoms with E-state index in [2.05, 4.69) is 0 Å². The van der Waals surface area contributed by atoms with Crippen LogP contribution in [0.3, 0.4) is 0 Å². The van der Waals surface area contributed by atoms with E-state index >= 15 is 0 Å². The van der Waals surface area contributed by atoms with Gasteiger partial charge in [0.1, 0.15) is 0 Å². The summed E-state index contributed by atoms with van der Waals surface area (Å²) in [4.78, 5) is 54.6. The van der Waals surface area contributed by atoms with Gasteiger partial charge in [-0.05, 0) is 0 Å². The molecule has 21 heavy (non-hydrogen) atoms. The molecule has 122 valence electrons. The predicted octanol–water partition coefficient (Wildman–Crippen LogP) is -3.36. The summed E-state index contributed by atoms with van der Waals surface area (Å²) in [6, 6.07) is 0. The molecule has 0 amide bonds. The van der Waals surface area contributed by atoms with Crippen molar-refractivity contribution < 1.29 is 146 Å². The Kier molecular flexibility index (Phi) is 38.4. The number of rotatable bonds is 0. The van der Waals surface area contributed by atoms with Gasteiger partial charge in [0.2, 0.25) is 0 Å². The summed E-state index contributed by atoms with van der Waals surface area (Å²) >= 11 is 0. The van der Waals surface area contributed by atoms with E-state index in [1.807, 2.05) is 0 Å². The third kappa shape index (κ3) is 45.2. The molecule has 0 saturated carbocycles. The van der Waals surface area contributed by atoms with Crippen LogP contribution in [0.5, 0.6) is 0 Å². The van der Waals surface area contributed by atoms with Gasteiger partial charge in [-0.25, -0.2) is 28.8 Å². The first kappa shape index (κ1) is 37.1. The minimum atomic E-state index is -1.82. The molecular formula is C6H8O13Sm2. The van der Waals surface area contributed by atoms with E-state index in [-0.39, 0.29) is 86.3 Å². The molecule has 0 aliphatic rings. The van der Waals surface area contributed by atoms with Gasteiger partial charge < -0.3 is 36.1 Å². The quantitative estimate of drug-likeness (QED) is 0.152. The van der Waals surface area contributed by atoms with E-state index < -0.39 is 35.8 Å². The summed E-state index contributed by atoms with van der Waals surface area (Å²) in [5.74, 6) is -10.9. The molecule has 0 aliphatic carbocycles. The van der Waals surface area contributed by atoms with Gasteiger partial charge in [0.15, 0.2) is 0 Å². The van der Waals surface area contributed by atoms with Gasteiger partial charge in [0.05, 0.1) is 0 Å². The maximum atomic E-state index is 9.10. The number of aliphatic carboxylic acids is 6. The van der Waals surface area contributed by atoms with Crippen LogP contribution in [-0.2, 0) is 28.8 Å². The molecule has 0 bridgehead atoms. The van der Waals surface area contributed by atoms with Crippen LogP contribution in [0.4, 0.5) is 0 Å². The zero-order valence-corrected chi connectivity index (χ0v) is 14.7. The fourth-order valence-electron chi connectivity index (χ4n) is 0. The third-order valence-electron chi connectivity index (χ3n) is 0.549. The predicted molar refractivity (Wildman–Crippen MR) is 49.4 cm³/mol. The molecular weight excluding hydrogens is 581 g/mol. The fraction of sp³-hybridized carbons (Fsp3) is 0. The smallest absolute Gasteiger partial charge is 0.414 e. The second-order valence-electron chi connectivity index (χ2n) is 1.83. The molecule has 0 fully saturated rings. The largest absolute Gasteiger partial charge is 0.473 e. The van der Waals surface area contributed by atoms with Crippen molar-refractivity contribution in [2.24, 2.45) is 0 Å². The Bertz CT molecular complexity index is 282. The van der Waals surface area contributed by atoms with E-state index in [1.54, 1.807) is 0 Å². The van der Waals surface area contributed by atoms with Gasteiger partial charge in [0.25, 0.3) is 0 Å². The summed E-state index contributed by atoms with van der Waals surface area (Å²) in [7, 11) is 0. The Morgan fingerprint density at radius 2 is 0.429 bits per heavy atom.